The highest BCUT2D eigenvalue weighted by molar-refractivity contribution is 14.1. The van der Waals surface area contributed by atoms with E-state index in [9.17, 15) is 19.1 Å². The molecule has 0 spiro atoms. The fourth-order valence-electron chi connectivity index (χ4n) is 2.29. The average molecular weight is 468 g/mol. The summed E-state index contributed by atoms with van der Waals surface area (Å²) in [5.41, 5.74) is 0.323. The van der Waals surface area contributed by atoms with Gasteiger partial charge in [0.1, 0.15) is 17.1 Å². The van der Waals surface area contributed by atoms with Crippen molar-refractivity contribution in [2.75, 3.05) is 4.90 Å². The number of anilines is 1. The summed E-state index contributed by atoms with van der Waals surface area (Å²) in [5.74, 6) is -1.92. The van der Waals surface area contributed by atoms with Gasteiger partial charge in [-0.25, -0.2) is 9.29 Å². The average Bonchev–Trinajstić information content (AvgIpc) is 2.56. The van der Waals surface area contributed by atoms with Crippen LogP contribution in [0.1, 0.15) is 5.56 Å². The van der Waals surface area contributed by atoms with Gasteiger partial charge in [-0.15, -0.1) is 0 Å². The van der Waals surface area contributed by atoms with Gasteiger partial charge in [-0.3, -0.25) is 14.9 Å². The molecule has 0 atom stereocenters. The zero-order valence-corrected chi connectivity index (χ0v) is 15.5. The number of hydrogen-bond donors (Lipinski definition) is 2. The summed E-state index contributed by atoms with van der Waals surface area (Å²) in [6, 6.07) is 10.3. The van der Waals surface area contributed by atoms with Gasteiger partial charge < -0.3 is 5.11 Å². The third-order valence-corrected chi connectivity index (χ3v) is 4.63. The first-order chi connectivity index (χ1) is 11.9. The monoisotopic (exact) mass is 468 g/mol. The minimum atomic E-state index is -0.720. The van der Waals surface area contributed by atoms with E-state index in [1.165, 1.54) is 30.3 Å². The molecular formula is C17H10FIN2O3S. The van der Waals surface area contributed by atoms with E-state index >= 15 is 0 Å². The van der Waals surface area contributed by atoms with Crippen molar-refractivity contribution in [3.8, 4) is 5.75 Å². The van der Waals surface area contributed by atoms with Crippen molar-refractivity contribution in [1.29, 1.82) is 0 Å². The van der Waals surface area contributed by atoms with E-state index in [4.69, 9.17) is 12.2 Å². The second-order valence-corrected chi connectivity index (χ2v) is 6.67. The molecule has 0 saturated carbocycles. The third kappa shape index (κ3) is 3.40. The van der Waals surface area contributed by atoms with Gasteiger partial charge in [-0.1, -0.05) is 18.2 Å². The van der Waals surface area contributed by atoms with E-state index in [0.717, 1.165) is 4.90 Å². The molecule has 126 valence electrons. The lowest BCUT2D eigenvalue weighted by atomic mass is 10.1. The Morgan fingerprint density at radius 2 is 1.92 bits per heavy atom. The Hall–Kier alpha value is -2.33. The maximum atomic E-state index is 14.1. The zero-order chi connectivity index (χ0) is 18.1. The molecule has 0 aromatic heterocycles. The molecule has 1 aliphatic rings. The van der Waals surface area contributed by atoms with Crippen LogP contribution in [0, 0.1) is 9.39 Å². The number of para-hydroxylation sites is 1. The fourth-order valence-corrected chi connectivity index (χ4v) is 3.10. The molecule has 0 unspecified atom stereocenters. The summed E-state index contributed by atoms with van der Waals surface area (Å²) >= 11 is 6.95. The van der Waals surface area contributed by atoms with Crippen LogP contribution in [-0.4, -0.2) is 22.0 Å². The highest BCUT2D eigenvalue weighted by Gasteiger charge is 2.35. The smallest absolute Gasteiger partial charge is 0.270 e. The Morgan fingerprint density at radius 3 is 2.60 bits per heavy atom. The first kappa shape index (κ1) is 17.5. The predicted molar refractivity (Wildman–Crippen MR) is 103 cm³/mol. The van der Waals surface area contributed by atoms with Crippen molar-refractivity contribution in [3.63, 3.8) is 0 Å². The van der Waals surface area contributed by atoms with Crippen LogP contribution in [0.25, 0.3) is 6.08 Å². The molecule has 1 saturated heterocycles. The molecule has 2 aromatic carbocycles. The van der Waals surface area contributed by atoms with E-state index in [1.54, 1.807) is 18.2 Å². The third-order valence-electron chi connectivity index (χ3n) is 3.48. The summed E-state index contributed by atoms with van der Waals surface area (Å²) < 4.78 is 14.6. The first-order valence-corrected chi connectivity index (χ1v) is 8.51. The SMILES string of the molecule is O=C1NC(=S)N(c2ccccc2F)C(=O)/C1=C/c1ccc(O)c(I)c1. The van der Waals surface area contributed by atoms with Crippen LogP contribution < -0.4 is 10.2 Å². The van der Waals surface area contributed by atoms with Crippen LogP contribution in [0.4, 0.5) is 10.1 Å². The highest BCUT2D eigenvalue weighted by atomic mass is 127. The zero-order valence-electron chi connectivity index (χ0n) is 12.5. The number of carbonyl (C=O) groups excluding carboxylic acids is 2. The van der Waals surface area contributed by atoms with Gasteiger partial charge in [0.2, 0.25) is 0 Å². The standard InChI is InChI=1S/C17H10FIN2O3S/c18-11-3-1-2-4-13(11)21-16(24)10(15(23)20-17(21)25)7-9-5-6-14(22)12(19)8-9/h1-8,22H,(H,20,23,25)/b10-7+. The Balaban J connectivity index is 2.05. The quantitative estimate of drug-likeness (QED) is 0.308. The molecule has 0 aliphatic carbocycles. The Bertz CT molecular complexity index is 945. The number of hydrogen-bond acceptors (Lipinski definition) is 4. The lowest BCUT2D eigenvalue weighted by molar-refractivity contribution is -0.122. The van der Waals surface area contributed by atoms with E-state index in [2.05, 4.69) is 5.32 Å². The molecule has 0 radical (unpaired) electrons. The summed E-state index contributed by atoms with van der Waals surface area (Å²) in [6.07, 6.45) is 1.37. The summed E-state index contributed by atoms with van der Waals surface area (Å²) in [7, 11) is 0. The number of halogens is 2. The van der Waals surface area contributed by atoms with E-state index in [1.807, 2.05) is 22.6 Å². The number of rotatable bonds is 2. The fraction of sp³-hybridized carbons (Fsp3) is 0. The summed E-state index contributed by atoms with van der Waals surface area (Å²) in [6.45, 7) is 0. The normalized spacial score (nSPS) is 16.3. The number of nitrogens with zero attached hydrogens (tertiary/aromatic N) is 1. The molecule has 2 aromatic rings. The van der Waals surface area contributed by atoms with Gasteiger partial charge in [0.25, 0.3) is 11.8 Å². The van der Waals surface area contributed by atoms with Crippen molar-refractivity contribution in [3.05, 3.63) is 63.0 Å². The Kier molecular flexibility index (Phi) is 4.82. The highest BCUT2D eigenvalue weighted by Crippen LogP contribution is 2.26. The van der Waals surface area contributed by atoms with Crippen LogP contribution >= 0.6 is 34.8 Å². The maximum Gasteiger partial charge on any atom is 0.270 e. The number of thiocarbonyl (C=S) groups is 1. The number of nitrogens with one attached hydrogen (secondary N) is 1. The lowest BCUT2D eigenvalue weighted by Gasteiger charge is -2.29. The van der Waals surface area contributed by atoms with Gasteiger partial charge in [-0.05, 0) is 70.7 Å². The molecule has 5 nitrogen and oxygen atoms in total. The van der Waals surface area contributed by atoms with E-state index in [0.29, 0.717) is 9.13 Å². The summed E-state index contributed by atoms with van der Waals surface area (Å²) in [5, 5.41) is 11.8. The lowest BCUT2D eigenvalue weighted by Crippen LogP contribution is -2.54. The van der Waals surface area contributed by atoms with Gasteiger partial charge in [-0.2, -0.15) is 0 Å². The van der Waals surface area contributed by atoms with E-state index < -0.39 is 17.6 Å². The van der Waals surface area contributed by atoms with Crippen LogP contribution in [-0.2, 0) is 9.59 Å². The molecule has 25 heavy (non-hydrogen) atoms. The number of aromatic hydroxyl groups is 1. The molecule has 0 bridgehead atoms. The molecule has 1 aliphatic heterocycles. The summed E-state index contributed by atoms with van der Waals surface area (Å²) in [4.78, 5) is 25.9. The van der Waals surface area contributed by atoms with Gasteiger partial charge in [0, 0.05) is 0 Å². The van der Waals surface area contributed by atoms with Crippen molar-refractivity contribution >= 4 is 63.5 Å². The molecule has 1 heterocycles. The second kappa shape index (κ2) is 6.89. The largest absolute Gasteiger partial charge is 0.507 e. The molecule has 3 rings (SSSR count). The maximum absolute atomic E-state index is 14.1. The first-order valence-electron chi connectivity index (χ1n) is 7.03. The van der Waals surface area contributed by atoms with Crippen molar-refractivity contribution in [1.82, 2.24) is 5.32 Å². The molecule has 1 fully saturated rings. The number of amides is 2. The van der Waals surface area contributed by atoms with Crippen LogP contribution in [0.2, 0.25) is 0 Å². The van der Waals surface area contributed by atoms with Crippen LogP contribution in [0.3, 0.4) is 0 Å². The number of phenolic OH excluding ortho intramolecular Hbond substituents is 1. The van der Waals surface area contributed by atoms with Gasteiger partial charge in [0.05, 0.1) is 9.26 Å². The number of carbonyl (C=O) groups is 2. The van der Waals surface area contributed by atoms with Crippen molar-refractivity contribution in [2.45, 2.75) is 0 Å². The van der Waals surface area contributed by atoms with Crippen LogP contribution in [0.5, 0.6) is 5.75 Å². The van der Waals surface area contributed by atoms with Crippen LogP contribution in [0.15, 0.2) is 48.0 Å². The minimum absolute atomic E-state index is 0.0383. The van der Waals surface area contributed by atoms with Crippen molar-refractivity contribution in [2.24, 2.45) is 0 Å². The Morgan fingerprint density at radius 1 is 1.20 bits per heavy atom. The van der Waals surface area contributed by atoms with Crippen molar-refractivity contribution < 1.29 is 19.1 Å². The molecular weight excluding hydrogens is 458 g/mol. The Labute approximate surface area is 161 Å². The van der Waals surface area contributed by atoms with Gasteiger partial charge >= 0.3 is 0 Å². The predicted octanol–water partition coefficient (Wildman–Crippen LogP) is 2.97. The molecule has 8 heteroatoms. The molecule has 2 amide bonds. The van der Waals surface area contributed by atoms with Gasteiger partial charge in [0.15, 0.2) is 5.11 Å². The number of phenols is 1. The number of benzene rings is 2. The minimum Gasteiger partial charge on any atom is -0.507 e. The van der Waals surface area contributed by atoms with E-state index in [-0.39, 0.29) is 22.1 Å². The topological polar surface area (TPSA) is 69.6 Å². The second-order valence-electron chi connectivity index (χ2n) is 5.12. The molecule has 2 N–H and O–H groups in total.